The van der Waals surface area contributed by atoms with Crippen molar-refractivity contribution in [2.24, 2.45) is 0 Å². The van der Waals surface area contributed by atoms with E-state index in [1.165, 1.54) is 35.1 Å². The number of carbonyl (C=O) groups excluding carboxylic acids is 1. The summed E-state index contributed by atoms with van der Waals surface area (Å²) in [5.74, 6) is 1.15. The summed E-state index contributed by atoms with van der Waals surface area (Å²) >= 11 is 1.82. The van der Waals surface area contributed by atoms with Crippen molar-refractivity contribution in [3.8, 4) is 0 Å². The van der Waals surface area contributed by atoms with Crippen LogP contribution in [0.15, 0.2) is 6.33 Å². The smallest absolute Gasteiger partial charge is 0.222 e. The Morgan fingerprint density at radius 1 is 1.32 bits per heavy atom. The molecule has 5 nitrogen and oxygen atoms in total. The number of rotatable bonds is 1. The van der Waals surface area contributed by atoms with Crippen molar-refractivity contribution < 1.29 is 4.79 Å². The molecule has 1 N–H and O–H groups in total. The molecule has 22 heavy (non-hydrogen) atoms. The van der Waals surface area contributed by atoms with Crippen LogP contribution >= 0.6 is 11.3 Å². The summed E-state index contributed by atoms with van der Waals surface area (Å²) in [6.07, 6.45) is 7.04. The highest BCUT2D eigenvalue weighted by Gasteiger charge is 2.27. The molecular weight excluding hydrogens is 296 g/mol. The Hall–Kier alpha value is -1.69. The maximum Gasteiger partial charge on any atom is 0.222 e. The van der Waals surface area contributed by atoms with E-state index in [9.17, 15) is 4.79 Å². The number of hydrogen-bond acceptors (Lipinski definition) is 5. The first-order chi connectivity index (χ1) is 10.7. The molecule has 0 aromatic carbocycles. The first-order valence-electron chi connectivity index (χ1n) is 8.02. The fourth-order valence-electron chi connectivity index (χ4n) is 3.59. The highest BCUT2D eigenvalue weighted by molar-refractivity contribution is 7.19. The Morgan fingerprint density at radius 2 is 2.18 bits per heavy atom. The number of aryl methyl sites for hydroxylation is 2. The number of carbonyl (C=O) groups is 1. The second kappa shape index (κ2) is 5.50. The van der Waals surface area contributed by atoms with Gasteiger partial charge in [0.05, 0.1) is 5.39 Å². The molecular formula is C16H20N4OS. The van der Waals surface area contributed by atoms with Gasteiger partial charge in [-0.2, -0.15) is 0 Å². The van der Waals surface area contributed by atoms with Gasteiger partial charge >= 0.3 is 0 Å². The van der Waals surface area contributed by atoms with Crippen LogP contribution in [0.4, 0.5) is 5.82 Å². The summed E-state index contributed by atoms with van der Waals surface area (Å²) in [6, 6.07) is 0.166. The van der Waals surface area contributed by atoms with Crippen LogP contribution in [0.3, 0.4) is 0 Å². The molecule has 4 rings (SSSR count). The molecule has 0 bridgehead atoms. The summed E-state index contributed by atoms with van der Waals surface area (Å²) in [5, 5.41) is 4.20. The van der Waals surface area contributed by atoms with Crippen LogP contribution < -0.4 is 10.2 Å². The molecule has 0 radical (unpaired) electrons. The van der Waals surface area contributed by atoms with Gasteiger partial charge in [0.2, 0.25) is 5.91 Å². The van der Waals surface area contributed by atoms with E-state index in [1.54, 1.807) is 6.33 Å². The Labute approximate surface area is 133 Å². The zero-order chi connectivity index (χ0) is 15.1. The predicted octanol–water partition coefficient (Wildman–Crippen LogP) is 2.28. The molecule has 0 unspecified atom stereocenters. The van der Waals surface area contributed by atoms with E-state index in [2.05, 4.69) is 27.1 Å². The molecule has 0 spiro atoms. The van der Waals surface area contributed by atoms with Crippen LogP contribution in [0, 0.1) is 0 Å². The van der Waals surface area contributed by atoms with Gasteiger partial charge < -0.3 is 10.2 Å². The number of amides is 1. The molecule has 1 aliphatic heterocycles. The average Bonchev–Trinajstić information content (AvgIpc) is 2.81. The second-order valence-corrected chi connectivity index (χ2v) is 7.27. The summed E-state index contributed by atoms with van der Waals surface area (Å²) < 4.78 is 0. The largest absolute Gasteiger partial charge is 0.354 e. The molecule has 1 saturated heterocycles. The minimum absolute atomic E-state index is 0.132. The van der Waals surface area contributed by atoms with Gasteiger partial charge in [-0.3, -0.25) is 4.79 Å². The zero-order valence-corrected chi connectivity index (χ0v) is 13.6. The van der Waals surface area contributed by atoms with Crippen molar-refractivity contribution in [2.45, 2.75) is 45.1 Å². The lowest BCUT2D eigenvalue weighted by Crippen LogP contribution is -2.35. The summed E-state index contributed by atoms with van der Waals surface area (Å²) in [7, 11) is 0. The Balaban J connectivity index is 1.84. The highest BCUT2D eigenvalue weighted by Crippen LogP contribution is 2.39. The molecule has 1 fully saturated rings. The van der Waals surface area contributed by atoms with Crippen LogP contribution in [-0.2, 0) is 17.6 Å². The van der Waals surface area contributed by atoms with E-state index in [1.807, 2.05) is 11.3 Å². The van der Waals surface area contributed by atoms with Gasteiger partial charge in [-0.1, -0.05) is 0 Å². The second-order valence-electron chi connectivity index (χ2n) is 6.18. The minimum atomic E-state index is 0.132. The maximum atomic E-state index is 11.7. The van der Waals surface area contributed by atoms with Crippen molar-refractivity contribution in [3.05, 3.63) is 16.8 Å². The van der Waals surface area contributed by atoms with E-state index < -0.39 is 0 Å². The van der Waals surface area contributed by atoms with Crippen LogP contribution in [-0.4, -0.2) is 35.0 Å². The summed E-state index contributed by atoms with van der Waals surface area (Å²) in [6.45, 7) is 3.60. The molecule has 1 atom stereocenters. The minimum Gasteiger partial charge on any atom is -0.354 e. The molecule has 2 aromatic heterocycles. The molecule has 2 aliphatic rings. The monoisotopic (exact) mass is 316 g/mol. The number of nitrogens with one attached hydrogen (secondary N) is 1. The van der Waals surface area contributed by atoms with Crippen molar-refractivity contribution in [1.82, 2.24) is 15.3 Å². The zero-order valence-electron chi connectivity index (χ0n) is 12.8. The number of nitrogens with zero attached hydrogens (tertiary/aromatic N) is 3. The van der Waals surface area contributed by atoms with Crippen LogP contribution in [0.1, 0.15) is 36.6 Å². The lowest BCUT2D eigenvalue weighted by atomic mass is 9.96. The summed E-state index contributed by atoms with van der Waals surface area (Å²) in [4.78, 5) is 25.7. The van der Waals surface area contributed by atoms with E-state index in [0.29, 0.717) is 13.0 Å². The van der Waals surface area contributed by atoms with Crippen LogP contribution in [0.2, 0.25) is 0 Å². The molecule has 6 heteroatoms. The normalized spacial score (nSPS) is 22.3. The maximum absolute atomic E-state index is 11.7. The highest BCUT2D eigenvalue weighted by atomic mass is 32.1. The quantitative estimate of drug-likeness (QED) is 0.877. The molecule has 3 heterocycles. The van der Waals surface area contributed by atoms with Crippen molar-refractivity contribution in [1.29, 1.82) is 0 Å². The number of hydrogen-bond donors (Lipinski definition) is 1. The number of fused-ring (bicyclic) bond motifs is 3. The standard InChI is InChI=1S/C16H20N4OS/c1-10-8-13(21)17-6-7-20(10)15-14-11-4-2-3-5-12(11)22-16(14)19-9-18-15/h9-10H,2-8H2,1H3,(H,17,21)/t10-/m0/s1. The molecule has 0 saturated carbocycles. The first kappa shape index (κ1) is 13.9. The van der Waals surface area contributed by atoms with Gasteiger partial charge in [0.1, 0.15) is 17.0 Å². The summed E-state index contributed by atoms with van der Waals surface area (Å²) in [5.41, 5.74) is 1.46. The third kappa shape index (κ3) is 2.26. The first-order valence-corrected chi connectivity index (χ1v) is 8.84. The number of thiophene rings is 1. The lowest BCUT2D eigenvalue weighted by molar-refractivity contribution is -0.120. The van der Waals surface area contributed by atoms with Crippen molar-refractivity contribution in [2.75, 3.05) is 18.0 Å². The van der Waals surface area contributed by atoms with E-state index in [0.717, 1.165) is 23.6 Å². The average molecular weight is 316 g/mol. The van der Waals surface area contributed by atoms with Crippen molar-refractivity contribution >= 4 is 33.3 Å². The predicted molar refractivity (Wildman–Crippen MR) is 88.5 cm³/mol. The van der Waals surface area contributed by atoms with Crippen LogP contribution in [0.25, 0.3) is 10.2 Å². The fraction of sp³-hybridized carbons (Fsp3) is 0.562. The Bertz CT molecular complexity index is 726. The molecule has 2 aromatic rings. The Kier molecular flexibility index (Phi) is 3.48. The third-order valence-corrected chi connectivity index (χ3v) is 5.89. The van der Waals surface area contributed by atoms with Crippen LogP contribution in [0.5, 0.6) is 0 Å². The van der Waals surface area contributed by atoms with Gasteiger partial charge in [-0.25, -0.2) is 9.97 Å². The number of anilines is 1. The third-order valence-electron chi connectivity index (χ3n) is 4.69. The fourth-order valence-corrected chi connectivity index (χ4v) is 4.82. The SMILES string of the molecule is C[C@H]1CC(=O)NCCN1c1ncnc2sc3c(c12)CCCC3. The van der Waals surface area contributed by atoms with Crippen molar-refractivity contribution in [3.63, 3.8) is 0 Å². The molecule has 1 aliphatic carbocycles. The van der Waals surface area contributed by atoms with E-state index in [-0.39, 0.29) is 11.9 Å². The molecule has 116 valence electrons. The van der Waals surface area contributed by atoms with Gasteiger partial charge in [0.25, 0.3) is 0 Å². The van der Waals surface area contributed by atoms with E-state index >= 15 is 0 Å². The topological polar surface area (TPSA) is 58.1 Å². The molecule has 1 amide bonds. The van der Waals surface area contributed by atoms with Gasteiger partial charge in [0, 0.05) is 30.4 Å². The lowest BCUT2D eigenvalue weighted by Gasteiger charge is -2.28. The van der Waals surface area contributed by atoms with E-state index in [4.69, 9.17) is 0 Å². The number of aromatic nitrogens is 2. The van der Waals surface area contributed by atoms with Gasteiger partial charge in [-0.15, -0.1) is 11.3 Å². The van der Waals surface area contributed by atoms with Gasteiger partial charge in [-0.05, 0) is 38.2 Å². The Morgan fingerprint density at radius 3 is 3.09 bits per heavy atom. The van der Waals surface area contributed by atoms with Gasteiger partial charge in [0.15, 0.2) is 0 Å².